The van der Waals surface area contributed by atoms with Crippen LogP contribution in [0.1, 0.15) is 22.3 Å². The normalized spacial score (nSPS) is 12.7. The van der Waals surface area contributed by atoms with Crippen molar-refractivity contribution in [3.05, 3.63) is 77.0 Å². The van der Waals surface area contributed by atoms with Gasteiger partial charge in [0.15, 0.2) is 0 Å². The van der Waals surface area contributed by atoms with Gasteiger partial charge < -0.3 is 10.1 Å². The van der Waals surface area contributed by atoms with E-state index in [1.807, 2.05) is 30.7 Å². The summed E-state index contributed by atoms with van der Waals surface area (Å²) in [7, 11) is 0. The summed E-state index contributed by atoms with van der Waals surface area (Å²) >= 11 is 1.72. The highest BCUT2D eigenvalue weighted by molar-refractivity contribution is 7.97. The number of aromatic nitrogens is 1. The number of hydrogen-bond acceptors (Lipinski definition) is 2. The van der Waals surface area contributed by atoms with Crippen molar-refractivity contribution in [1.82, 2.24) is 4.98 Å². The van der Waals surface area contributed by atoms with Gasteiger partial charge in [0.2, 0.25) is 0 Å². The van der Waals surface area contributed by atoms with Gasteiger partial charge in [-0.05, 0) is 35.1 Å². The summed E-state index contributed by atoms with van der Waals surface area (Å²) in [4.78, 5) is 3.27. The van der Waals surface area contributed by atoms with Crippen LogP contribution in [0.5, 0.6) is 0 Å². The van der Waals surface area contributed by atoms with Crippen molar-refractivity contribution in [2.24, 2.45) is 0 Å². The van der Waals surface area contributed by atoms with E-state index in [0.717, 1.165) is 39.9 Å². The van der Waals surface area contributed by atoms with Crippen LogP contribution in [0.3, 0.4) is 0 Å². The Kier molecular flexibility index (Phi) is 5.44. The fourth-order valence-electron chi connectivity index (χ4n) is 3.03. The summed E-state index contributed by atoms with van der Waals surface area (Å²) in [5.74, 6) is 0.858. The number of halogens is 3. The molecule has 6 heteroatoms. The molecule has 0 saturated carbocycles. The summed E-state index contributed by atoms with van der Waals surface area (Å²) in [5, 5.41) is 10.4. The molecule has 0 aliphatic carbocycles. The molecule has 2 nitrogen and oxygen atoms in total. The number of thioether (sulfide) groups is 1. The van der Waals surface area contributed by atoms with E-state index in [-0.39, 0.29) is 6.61 Å². The number of alkyl halides is 3. The number of aromatic amines is 1. The average Bonchev–Trinajstić information content (AvgIpc) is 3.04. The second-order valence-corrected chi connectivity index (χ2v) is 6.72. The summed E-state index contributed by atoms with van der Waals surface area (Å²) in [5.41, 5.74) is 3.67. The molecule has 136 valence electrons. The van der Waals surface area contributed by atoms with Gasteiger partial charge >= 0.3 is 6.18 Å². The molecule has 0 fully saturated rings. The van der Waals surface area contributed by atoms with Gasteiger partial charge in [0.05, 0.1) is 17.7 Å². The maximum atomic E-state index is 12.8. The third-order valence-electron chi connectivity index (χ3n) is 4.21. The molecule has 26 heavy (non-hydrogen) atoms. The molecule has 3 rings (SSSR count). The van der Waals surface area contributed by atoms with Crippen LogP contribution in [0.25, 0.3) is 16.5 Å². The first-order valence-corrected chi connectivity index (χ1v) is 9.42. The second kappa shape index (κ2) is 7.60. The van der Waals surface area contributed by atoms with E-state index in [2.05, 4.69) is 4.98 Å². The van der Waals surface area contributed by atoms with Gasteiger partial charge in [-0.1, -0.05) is 36.4 Å². The molecule has 1 heterocycles. The van der Waals surface area contributed by atoms with Crippen LogP contribution in [0.2, 0.25) is 0 Å². The minimum absolute atomic E-state index is 0.201. The van der Waals surface area contributed by atoms with Gasteiger partial charge in [0, 0.05) is 22.9 Å². The summed E-state index contributed by atoms with van der Waals surface area (Å²) in [6.07, 6.45) is 1.12. The van der Waals surface area contributed by atoms with Gasteiger partial charge in [0.1, 0.15) is 0 Å². The van der Waals surface area contributed by atoms with Crippen molar-refractivity contribution in [1.29, 1.82) is 0 Å². The van der Waals surface area contributed by atoms with E-state index in [0.29, 0.717) is 11.1 Å². The summed E-state index contributed by atoms with van der Waals surface area (Å²) in [6.45, 7) is -0.201. The molecule has 0 radical (unpaired) electrons. The third kappa shape index (κ3) is 3.66. The number of nitrogens with one attached hydrogen (secondary N) is 1. The second-order valence-electron chi connectivity index (χ2n) is 5.85. The Morgan fingerprint density at radius 3 is 2.50 bits per heavy atom. The van der Waals surface area contributed by atoms with E-state index < -0.39 is 11.7 Å². The van der Waals surface area contributed by atoms with Crippen molar-refractivity contribution < 1.29 is 18.3 Å². The van der Waals surface area contributed by atoms with Crippen molar-refractivity contribution in [3.63, 3.8) is 0 Å². The highest BCUT2D eigenvalue weighted by Gasteiger charge is 2.30. The van der Waals surface area contributed by atoms with Crippen molar-refractivity contribution in [2.45, 2.75) is 11.9 Å². The molecule has 0 amide bonds. The molecule has 0 aliphatic rings. The van der Waals surface area contributed by atoms with Crippen LogP contribution in [-0.4, -0.2) is 23.0 Å². The number of H-pyrrole nitrogens is 1. The van der Waals surface area contributed by atoms with Crippen LogP contribution < -0.4 is 0 Å². The minimum Gasteiger partial charge on any atom is -0.392 e. The van der Waals surface area contributed by atoms with Crippen LogP contribution >= 0.6 is 11.8 Å². The molecule has 0 saturated heterocycles. The standard InChI is InChI=1S/C20H18F3NOS/c1-26-12-14-3-2-4-17-18(11-24-19(14)17)16(9-10-25)13-5-7-15(8-6-13)20(21,22)23/h2-9,11,24-25H,10,12H2,1H3/b16-9-. The smallest absolute Gasteiger partial charge is 0.392 e. The predicted molar refractivity (Wildman–Crippen MR) is 101 cm³/mol. The van der Waals surface area contributed by atoms with Crippen molar-refractivity contribution in [3.8, 4) is 0 Å². The zero-order valence-corrected chi connectivity index (χ0v) is 14.9. The van der Waals surface area contributed by atoms with Gasteiger partial charge in [-0.25, -0.2) is 0 Å². The van der Waals surface area contributed by atoms with Gasteiger partial charge in [0.25, 0.3) is 0 Å². The summed E-state index contributed by atoms with van der Waals surface area (Å²) in [6, 6.07) is 11.0. The third-order valence-corrected chi connectivity index (χ3v) is 4.81. The zero-order chi connectivity index (χ0) is 18.7. The number of rotatable bonds is 5. The average molecular weight is 377 g/mol. The van der Waals surface area contributed by atoms with E-state index >= 15 is 0 Å². The molecule has 0 bridgehead atoms. The molecule has 0 unspecified atom stereocenters. The minimum atomic E-state index is -4.37. The molecular weight excluding hydrogens is 359 g/mol. The number of fused-ring (bicyclic) bond motifs is 1. The molecule has 0 spiro atoms. The number of benzene rings is 2. The summed E-state index contributed by atoms with van der Waals surface area (Å²) < 4.78 is 38.4. The number of hydrogen-bond donors (Lipinski definition) is 2. The molecule has 0 atom stereocenters. The molecule has 0 aliphatic heterocycles. The number of aliphatic hydroxyl groups is 1. The lowest BCUT2D eigenvalue weighted by molar-refractivity contribution is -0.137. The molecule has 1 aromatic heterocycles. The van der Waals surface area contributed by atoms with Gasteiger partial charge in [-0.2, -0.15) is 24.9 Å². The van der Waals surface area contributed by atoms with Crippen LogP contribution in [0.15, 0.2) is 54.7 Å². The first-order valence-electron chi connectivity index (χ1n) is 8.02. The highest BCUT2D eigenvalue weighted by Crippen LogP contribution is 2.34. The first kappa shape index (κ1) is 18.6. The van der Waals surface area contributed by atoms with Gasteiger partial charge in [-0.15, -0.1) is 0 Å². The Bertz CT molecular complexity index is 926. The Hall–Kier alpha value is -2.18. The van der Waals surface area contributed by atoms with Crippen LogP contribution in [-0.2, 0) is 11.9 Å². The SMILES string of the molecule is CSCc1cccc2c(/C(=C\CO)c3ccc(C(F)(F)F)cc3)c[nH]c12. The largest absolute Gasteiger partial charge is 0.416 e. The Balaban J connectivity index is 2.08. The van der Waals surface area contributed by atoms with E-state index in [4.69, 9.17) is 0 Å². The number of aliphatic hydroxyl groups excluding tert-OH is 1. The Labute approximate surface area is 153 Å². The maximum absolute atomic E-state index is 12.8. The van der Waals surface area contributed by atoms with Crippen molar-refractivity contribution >= 4 is 28.2 Å². The Morgan fingerprint density at radius 1 is 1.15 bits per heavy atom. The van der Waals surface area contributed by atoms with Crippen molar-refractivity contribution in [2.75, 3.05) is 12.9 Å². The monoisotopic (exact) mass is 377 g/mol. The van der Waals surface area contributed by atoms with E-state index in [9.17, 15) is 18.3 Å². The van der Waals surface area contributed by atoms with Gasteiger partial charge in [-0.3, -0.25) is 0 Å². The lowest BCUT2D eigenvalue weighted by atomic mass is 9.95. The molecule has 2 aromatic carbocycles. The zero-order valence-electron chi connectivity index (χ0n) is 14.1. The number of para-hydroxylation sites is 1. The Morgan fingerprint density at radius 2 is 1.88 bits per heavy atom. The highest BCUT2D eigenvalue weighted by atomic mass is 32.2. The molecule has 2 N–H and O–H groups in total. The first-order chi connectivity index (χ1) is 12.5. The maximum Gasteiger partial charge on any atom is 0.416 e. The van der Waals surface area contributed by atoms with Crippen LogP contribution in [0.4, 0.5) is 13.2 Å². The topological polar surface area (TPSA) is 36.0 Å². The molecule has 3 aromatic rings. The lowest BCUT2D eigenvalue weighted by Gasteiger charge is -2.11. The fourth-order valence-corrected chi connectivity index (χ4v) is 3.58. The predicted octanol–water partition coefficient (Wildman–Crippen LogP) is 5.47. The van der Waals surface area contributed by atoms with Crippen LogP contribution in [0, 0.1) is 0 Å². The van der Waals surface area contributed by atoms with E-state index in [1.165, 1.54) is 12.1 Å². The lowest BCUT2D eigenvalue weighted by Crippen LogP contribution is -2.04. The quantitative estimate of drug-likeness (QED) is 0.618. The molecular formula is C20H18F3NOS. The van der Waals surface area contributed by atoms with E-state index in [1.54, 1.807) is 17.8 Å². The fraction of sp³-hybridized carbons (Fsp3) is 0.200.